The zero-order valence-electron chi connectivity index (χ0n) is 10.7. The number of rotatable bonds is 4. The minimum atomic E-state index is 0.327. The number of piperidine rings is 1. The number of methoxy groups -OCH3 is 1. The molecule has 1 aromatic rings. The predicted molar refractivity (Wildman–Crippen MR) is 73.0 cm³/mol. The van der Waals surface area contributed by atoms with Crippen LogP contribution in [0.15, 0.2) is 18.2 Å². The maximum atomic E-state index is 9.82. The van der Waals surface area contributed by atoms with E-state index in [1.54, 1.807) is 19.2 Å². The topological polar surface area (TPSA) is 32.7 Å². The maximum Gasteiger partial charge on any atom is 0.120 e. The molecule has 3 nitrogen and oxygen atoms in total. The third-order valence-electron chi connectivity index (χ3n) is 3.44. The lowest BCUT2D eigenvalue weighted by Gasteiger charge is -2.32. The lowest BCUT2D eigenvalue weighted by molar-refractivity contribution is 0.0870. The maximum absolute atomic E-state index is 9.82. The van der Waals surface area contributed by atoms with Crippen LogP contribution in [0.5, 0.6) is 5.75 Å². The fourth-order valence-electron chi connectivity index (χ4n) is 2.59. The second-order valence-corrected chi connectivity index (χ2v) is 5.41. The van der Waals surface area contributed by atoms with Crippen LogP contribution in [0.4, 0.5) is 0 Å². The molecule has 1 atom stereocenters. The van der Waals surface area contributed by atoms with Gasteiger partial charge in [0, 0.05) is 30.8 Å². The first-order chi connectivity index (χ1) is 8.69. The molecule has 0 amide bonds. The van der Waals surface area contributed by atoms with Crippen molar-refractivity contribution in [2.45, 2.75) is 19.4 Å². The first kappa shape index (κ1) is 13.7. The van der Waals surface area contributed by atoms with Crippen LogP contribution in [0.25, 0.3) is 0 Å². The summed E-state index contributed by atoms with van der Waals surface area (Å²) >= 11 is 5.96. The van der Waals surface area contributed by atoms with Gasteiger partial charge < -0.3 is 9.84 Å². The Balaban J connectivity index is 1.98. The van der Waals surface area contributed by atoms with Gasteiger partial charge in [-0.15, -0.1) is 0 Å². The van der Waals surface area contributed by atoms with Crippen molar-refractivity contribution in [1.82, 2.24) is 4.90 Å². The quantitative estimate of drug-likeness (QED) is 0.912. The summed E-state index contributed by atoms with van der Waals surface area (Å²) in [5, 5.41) is 10.5. The number of phenolic OH excluding ortho intramolecular Hbond substituents is 1. The number of aromatic hydroxyl groups is 1. The number of halogens is 1. The van der Waals surface area contributed by atoms with E-state index in [2.05, 4.69) is 4.90 Å². The Hall–Kier alpha value is -0.770. The minimum absolute atomic E-state index is 0.327. The molecule has 1 saturated heterocycles. The van der Waals surface area contributed by atoms with Crippen LogP contribution in [-0.2, 0) is 11.3 Å². The molecule has 0 saturated carbocycles. The first-order valence-electron chi connectivity index (χ1n) is 6.37. The molecule has 1 aliphatic rings. The Morgan fingerprint density at radius 1 is 1.50 bits per heavy atom. The Morgan fingerprint density at radius 3 is 3.11 bits per heavy atom. The highest BCUT2D eigenvalue weighted by atomic mass is 35.5. The number of hydrogen-bond donors (Lipinski definition) is 1. The van der Waals surface area contributed by atoms with Gasteiger partial charge >= 0.3 is 0 Å². The summed E-state index contributed by atoms with van der Waals surface area (Å²) in [6, 6.07) is 5.22. The number of phenols is 1. The molecule has 0 aliphatic carbocycles. The van der Waals surface area contributed by atoms with Gasteiger partial charge in [0.15, 0.2) is 0 Å². The third-order valence-corrected chi connectivity index (χ3v) is 3.68. The van der Waals surface area contributed by atoms with E-state index in [0.717, 1.165) is 31.8 Å². The van der Waals surface area contributed by atoms with Crippen molar-refractivity contribution in [3.63, 3.8) is 0 Å². The molecule has 4 heteroatoms. The monoisotopic (exact) mass is 269 g/mol. The zero-order valence-corrected chi connectivity index (χ0v) is 11.5. The van der Waals surface area contributed by atoms with Gasteiger partial charge in [0.05, 0.1) is 6.61 Å². The van der Waals surface area contributed by atoms with Gasteiger partial charge in [-0.3, -0.25) is 4.90 Å². The largest absolute Gasteiger partial charge is 0.508 e. The van der Waals surface area contributed by atoms with Crippen molar-refractivity contribution in [3.05, 3.63) is 28.8 Å². The molecular formula is C14H20ClNO2. The highest BCUT2D eigenvalue weighted by molar-refractivity contribution is 6.30. The van der Waals surface area contributed by atoms with Crippen LogP contribution in [0.2, 0.25) is 5.02 Å². The summed E-state index contributed by atoms with van der Waals surface area (Å²) < 4.78 is 5.23. The van der Waals surface area contributed by atoms with Gasteiger partial charge in [0.25, 0.3) is 0 Å². The van der Waals surface area contributed by atoms with Gasteiger partial charge in [-0.25, -0.2) is 0 Å². The fourth-order valence-corrected chi connectivity index (χ4v) is 2.78. The number of benzene rings is 1. The Kier molecular flexibility index (Phi) is 4.87. The molecule has 100 valence electrons. The fraction of sp³-hybridized carbons (Fsp3) is 0.571. The molecule has 0 bridgehead atoms. The van der Waals surface area contributed by atoms with Crippen LogP contribution in [0, 0.1) is 5.92 Å². The van der Waals surface area contributed by atoms with Crippen LogP contribution >= 0.6 is 11.6 Å². The molecule has 1 fully saturated rings. The molecule has 0 aromatic heterocycles. The van der Waals surface area contributed by atoms with Crippen LogP contribution in [-0.4, -0.2) is 36.8 Å². The van der Waals surface area contributed by atoms with Crippen molar-refractivity contribution in [1.29, 1.82) is 0 Å². The summed E-state index contributed by atoms with van der Waals surface area (Å²) in [4.78, 5) is 2.36. The molecule has 1 heterocycles. The lowest BCUT2D eigenvalue weighted by atomic mass is 9.98. The van der Waals surface area contributed by atoms with Crippen molar-refractivity contribution in [2.24, 2.45) is 5.92 Å². The smallest absolute Gasteiger partial charge is 0.120 e. The minimum Gasteiger partial charge on any atom is -0.508 e. The number of likely N-dealkylation sites (tertiary alicyclic amines) is 1. The van der Waals surface area contributed by atoms with E-state index in [-0.39, 0.29) is 0 Å². The van der Waals surface area contributed by atoms with E-state index in [9.17, 15) is 5.11 Å². The van der Waals surface area contributed by atoms with E-state index in [1.807, 2.05) is 6.07 Å². The average Bonchev–Trinajstić information content (AvgIpc) is 2.35. The SMILES string of the molecule is COCC1CCCN(Cc2cc(Cl)ccc2O)C1. The van der Waals surface area contributed by atoms with Crippen molar-refractivity contribution in [2.75, 3.05) is 26.8 Å². The predicted octanol–water partition coefficient (Wildman–Crippen LogP) is 2.90. The van der Waals surface area contributed by atoms with E-state index in [0.29, 0.717) is 16.7 Å². The molecule has 18 heavy (non-hydrogen) atoms. The lowest BCUT2D eigenvalue weighted by Crippen LogP contribution is -2.36. The highest BCUT2D eigenvalue weighted by Gasteiger charge is 2.20. The Labute approximate surface area is 113 Å². The summed E-state index contributed by atoms with van der Waals surface area (Å²) in [5.74, 6) is 0.929. The summed E-state index contributed by atoms with van der Waals surface area (Å²) in [6.45, 7) is 3.68. The molecular weight excluding hydrogens is 250 g/mol. The van der Waals surface area contributed by atoms with Gasteiger partial charge in [-0.2, -0.15) is 0 Å². The summed E-state index contributed by atoms with van der Waals surface area (Å²) in [5.41, 5.74) is 0.903. The molecule has 0 radical (unpaired) electrons. The number of nitrogens with zero attached hydrogens (tertiary/aromatic N) is 1. The Bertz CT molecular complexity index is 395. The van der Waals surface area contributed by atoms with E-state index < -0.39 is 0 Å². The first-order valence-corrected chi connectivity index (χ1v) is 6.75. The Morgan fingerprint density at radius 2 is 2.33 bits per heavy atom. The van der Waals surface area contributed by atoms with E-state index in [4.69, 9.17) is 16.3 Å². The van der Waals surface area contributed by atoms with Gasteiger partial charge in [0.2, 0.25) is 0 Å². The van der Waals surface area contributed by atoms with Crippen LogP contribution < -0.4 is 0 Å². The standard InChI is InChI=1S/C14H20ClNO2/c1-18-10-11-3-2-6-16(8-11)9-12-7-13(15)4-5-14(12)17/h4-5,7,11,17H,2-3,6,8-10H2,1H3. The van der Waals surface area contributed by atoms with Crippen LogP contribution in [0.1, 0.15) is 18.4 Å². The van der Waals surface area contributed by atoms with Crippen molar-refractivity contribution >= 4 is 11.6 Å². The van der Waals surface area contributed by atoms with Gasteiger partial charge in [0.1, 0.15) is 5.75 Å². The second-order valence-electron chi connectivity index (χ2n) is 4.97. The van der Waals surface area contributed by atoms with Crippen LogP contribution in [0.3, 0.4) is 0 Å². The molecule has 0 spiro atoms. The second kappa shape index (κ2) is 6.41. The summed E-state index contributed by atoms with van der Waals surface area (Å²) in [7, 11) is 1.75. The normalized spacial score (nSPS) is 21.1. The van der Waals surface area contributed by atoms with E-state index in [1.165, 1.54) is 12.8 Å². The molecule has 1 N–H and O–H groups in total. The zero-order chi connectivity index (χ0) is 13.0. The van der Waals surface area contributed by atoms with Crippen molar-refractivity contribution < 1.29 is 9.84 Å². The third kappa shape index (κ3) is 3.61. The molecule has 1 aliphatic heterocycles. The van der Waals surface area contributed by atoms with Gasteiger partial charge in [-0.1, -0.05) is 11.6 Å². The molecule has 1 unspecified atom stereocenters. The number of hydrogen-bond acceptors (Lipinski definition) is 3. The molecule has 1 aromatic carbocycles. The average molecular weight is 270 g/mol. The number of ether oxygens (including phenoxy) is 1. The summed E-state index contributed by atoms with van der Waals surface area (Å²) in [6.07, 6.45) is 2.42. The highest BCUT2D eigenvalue weighted by Crippen LogP contribution is 2.25. The van der Waals surface area contributed by atoms with E-state index >= 15 is 0 Å². The van der Waals surface area contributed by atoms with Crippen molar-refractivity contribution in [3.8, 4) is 5.75 Å². The molecule has 2 rings (SSSR count). The van der Waals surface area contributed by atoms with Gasteiger partial charge in [-0.05, 0) is 43.5 Å².